The van der Waals surface area contributed by atoms with E-state index in [9.17, 15) is 19.5 Å². The number of unbranched alkanes of at least 4 members (excludes halogenated alkanes) is 2. The Labute approximate surface area is 258 Å². The van der Waals surface area contributed by atoms with Gasteiger partial charge in [0.05, 0.1) is 0 Å². The smallest absolute Gasteiger partial charge is 0.488 e. The Kier molecular flexibility index (Phi) is 12.3. The number of carbonyl (C=O) groups excluding carboxylic acids is 2. The van der Waals surface area contributed by atoms with Crippen molar-refractivity contribution in [3.63, 3.8) is 0 Å². The van der Waals surface area contributed by atoms with E-state index in [1.807, 2.05) is 12.1 Å². The molecule has 1 fully saturated rings. The fraction of sp³-hybridized carbons (Fsp3) is 0.667. The lowest BCUT2D eigenvalue weighted by Crippen LogP contribution is -2.30. The van der Waals surface area contributed by atoms with Gasteiger partial charge in [-0.2, -0.15) is 0 Å². The summed E-state index contributed by atoms with van der Waals surface area (Å²) in [6.07, 6.45) is 5.42. The molecule has 2 aliphatic rings. The molecule has 2 aliphatic carbocycles. The Morgan fingerprint density at radius 1 is 1.11 bits per heavy atom. The molecular formula is C33H46O11. The fourth-order valence-corrected chi connectivity index (χ4v) is 6.60. The van der Waals surface area contributed by atoms with Gasteiger partial charge in [-0.15, -0.1) is 0 Å². The maximum absolute atomic E-state index is 12.9. The zero-order valence-electron chi connectivity index (χ0n) is 26.2. The molecule has 0 amide bonds. The summed E-state index contributed by atoms with van der Waals surface area (Å²) in [6, 6.07) is 5.95. The molecule has 1 N–H and O–H groups in total. The number of fused-ring (bicyclic) bond motifs is 2. The summed E-state index contributed by atoms with van der Waals surface area (Å²) in [6.45, 7) is 5.25. The monoisotopic (exact) mass is 618 g/mol. The fourth-order valence-electron chi connectivity index (χ4n) is 6.60. The minimum absolute atomic E-state index is 0.0212. The first-order valence-electron chi connectivity index (χ1n) is 15.8. The van der Waals surface area contributed by atoms with E-state index in [4.69, 9.17) is 32.5 Å². The van der Waals surface area contributed by atoms with E-state index in [0.29, 0.717) is 19.3 Å². The van der Waals surface area contributed by atoms with E-state index in [-0.39, 0.29) is 54.6 Å². The highest BCUT2D eigenvalue weighted by molar-refractivity contribution is 5.69. The summed E-state index contributed by atoms with van der Waals surface area (Å²) in [5, 5.41) is 9.84. The predicted molar refractivity (Wildman–Crippen MR) is 158 cm³/mol. The van der Waals surface area contributed by atoms with Crippen LogP contribution in [0, 0.1) is 24.7 Å². The second kappa shape index (κ2) is 16.1. The van der Waals surface area contributed by atoms with Gasteiger partial charge in [0.2, 0.25) is 0 Å². The molecule has 0 saturated heterocycles. The van der Waals surface area contributed by atoms with Crippen molar-refractivity contribution >= 4 is 12.1 Å². The van der Waals surface area contributed by atoms with Gasteiger partial charge in [-0.3, -0.25) is 4.79 Å². The molecule has 1 aromatic carbocycles. The third-order valence-electron chi connectivity index (χ3n) is 8.92. The SMILES string of the molecule is CCCCC[C@@H](CC[C@H]1[C@H](OC(=O)OCc2oc(=O)oc2C)CC2Cc3c(cccc3OCC(O)OC)C[C@@H]21)OC(=O)CC. The number of esters is 1. The molecule has 0 radical (unpaired) electrons. The van der Waals surface area contributed by atoms with Gasteiger partial charge < -0.3 is 37.6 Å². The highest BCUT2D eigenvalue weighted by Gasteiger charge is 2.47. The topological polar surface area (TPSA) is 144 Å². The van der Waals surface area contributed by atoms with Crippen molar-refractivity contribution in [2.45, 2.75) is 110 Å². The maximum Gasteiger partial charge on any atom is 0.519 e. The lowest BCUT2D eigenvalue weighted by Gasteiger charge is -2.33. The van der Waals surface area contributed by atoms with E-state index in [1.165, 1.54) is 12.7 Å². The van der Waals surface area contributed by atoms with Gasteiger partial charge >= 0.3 is 17.9 Å². The molecule has 6 atom stereocenters. The van der Waals surface area contributed by atoms with Gasteiger partial charge in [0.25, 0.3) is 0 Å². The molecule has 2 unspecified atom stereocenters. The molecule has 2 aromatic rings. The Morgan fingerprint density at radius 3 is 2.64 bits per heavy atom. The van der Waals surface area contributed by atoms with Crippen LogP contribution in [0.15, 0.2) is 31.8 Å². The van der Waals surface area contributed by atoms with Gasteiger partial charge in [0, 0.05) is 13.5 Å². The number of benzene rings is 1. The molecule has 0 aliphatic heterocycles. The van der Waals surface area contributed by atoms with Crippen LogP contribution in [0.3, 0.4) is 0 Å². The first-order chi connectivity index (χ1) is 21.2. The number of rotatable bonds is 16. The van der Waals surface area contributed by atoms with Crippen LogP contribution in [-0.4, -0.2) is 49.4 Å². The zero-order valence-corrected chi connectivity index (χ0v) is 26.2. The van der Waals surface area contributed by atoms with Gasteiger partial charge in [-0.25, -0.2) is 9.59 Å². The summed E-state index contributed by atoms with van der Waals surface area (Å²) in [7, 11) is 1.42. The summed E-state index contributed by atoms with van der Waals surface area (Å²) < 4.78 is 37.7. The molecule has 44 heavy (non-hydrogen) atoms. The van der Waals surface area contributed by atoms with Crippen LogP contribution >= 0.6 is 0 Å². The lowest BCUT2D eigenvalue weighted by atomic mass is 9.73. The van der Waals surface area contributed by atoms with Crippen LogP contribution in [0.25, 0.3) is 0 Å². The second-order valence-electron chi connectivity index (χ2n) is 11.8. The van der Waals surface area contributed by atoms with Crippen molar-refractivity contribution in [2.75, 3.05) is 13.7 Å². The number of carbonyl (C=O) groups is 2. The molecule has 1 heterocycles. The highest BCUT2D eigenvalue weighted by atomic mass is 16.7. The van der Waals surface area contributed by atoms with Crippen molar-refractivity contribution in [3.05, 3.63) is 51.5 Å². The average molecular weight is 619 g/mol. The van der Waals surface area contributed by atoms with Gasteiger partial charge in [0.15, 0.2) is 24.4 Å². The van der Waals surface area contributed by atoms with Crippen molar-refractivity contribution in [2.24, 2.45) is 17.8 Å². The number of aliphatic hydroxyl groups is 1. The summed E-state index contributed by atoms with van der Waals surface area (Å²) in [4.78, 5) is 36.4. The first kappa shape index (κ1) is 33.6. The number of methoxy groups -OCH3 is 1. The molecule has 0 bridgehead atoms. The van der Waals surface area contributed by atoms with Crippen LogP contribution in [0.5, 0.6) is 5.75 Å². The number of aryl methyl sites for hydroxylation is 1. The minimum Gasteiger partial charge on any atom is -0.488 e. The quantitative estimate of drug-likeness (QED) is 0.142. The Morgan fingerprint density at radius 2 is 1.93 bits per heavy atom. The van der Waals surface area contributed by atoms with Gasteiger partial charge in [0.1, 0.15) is 24.6 Å². The second-order valence-corrected chi connectivity index (χ2v) is 11.8. The molecule has 244 valence electrons. The number of hydrogen-bond acceptors (Lipinski definition) is 11. The van der Waals surface area contributed by atoms with Crippen LogP contribution in [0.4, 0.5) is 4.79 Å². The Hall–Kier alpha value is -3.31. The third-order valence-corrected chi connectivity index (χ3v) is 8.92. The summed E-state index contributed by atoms with van der Waals surface area (Å²) >= 11 is 0. The summed E-state index contributed by atoms with van der Waals surface area (Å²) in [5.74, 6) is 0.549. The van der Waals surface area contributed by atoms with Crippen LogP contribution in [0.2, 0.25) is 0 Å². The third kappa shape index (κ3) is 8.88. The molecule has 1 aromatic heterocycles. The molecular weight excluding hydrogens is 572 g/mol. The Bertz CT molecular complexity index is 1280. The lowest BCUT2D eigenvalue weighted by molar-refractivity contribution is -0.149. The van der Waals surface area contributed by atoms with E-state index in [2.05, 4.69) is 13.0 Å². The minimum atomic E-state index is -1.02. The molecule has 1 saturated carbocycles. The number of ether oxygens (including phenoxy) is 5. The maximum atomic E-state index is 12.9. The largest absolute Gasteiger partial charge is 0.519 e. The highest BCUT2D eigenvalue weighted by Crippen LogP contribution is 2.49. The van der Waals surface area contributed by atoms with Crippen LogP contribution in [-0.2, 0) is 43.2 Å². The molecule has 11 heteroatoms. The number of aliphatic hydroxyl groups excluding tert-OH is 1. The van der Waals surface area contributed by atoms with Crippen LogP contribution < -0.4 is 10.6 Å². The number of hydrogen-bond donors (Lipinski definition) is 1. The first-order valence-corrected chi connectivity index (χ1v) is 15.8. The van der Waals surface area contributed by atoms with E-state index >= 15 is 0 Å². The van der Waals surface area contributed by atoms with Gasteiger partial charge in [-0.1, -0.05) is 38.8 Å². The molecule has 4 rings (SSSR count). The van der Waals surface area contributed by atoms with E-state index in [0.717, 1.165) is 56.3 Å². The van der Waals surface area contributed by atoms with E-state index < -0.39 is 24.4 Å². The van der Waals surface area contributed by atoms with Crippen molar-refractivity contribution in [3.8, 4) is 5.75 Å². The van der Waals surface area contributed by atoms with E-state index in [1.54, 1.807) is 13.8 Å². The zero-order chi connectivity index (χ0) is 31.6. The van der Waals surface area contributed by atoms with Crippen molar-refractivity contribution in [1.82, 2.24) is 0 Å². The standard InChI is InChI=1S/C33H46O11/c1-5-7-8-11-23(42-30(34)6-2)13-14-24-25-15-21-10-9-12-27(39-19-31(35)38-4)26(21)16-22(25)17-28(24)43-32(36)40-18-29-20(3)41-33(37)44-29/h9-10,12,22-25,28,31,35H,5-8,11,13-19H2,1-4H3/t22?,23-,24+,25-,28+,31?/m0/s1. The van der Waals surface area contributed by atoms with Gasteiger partial charge in [-0.05, 0) is 86.8 Å². The Balaban J connectivity index is 1.49. The molecule has 0 spiro atoms. The normalized spacial score (nSPS) is 22.0. The van der Waals surface area contributed by atoms with Crippen molar-refractivity contribution < 1.29 is 47.2 Å². The molecule has 11 nitrogen and oxygen atoms in total. The summed E-state index contributed by atoms with van der Waals surface area (Å²) in [5.41, 5.74) is 2.27. The van der Waals surface area contributed by atoms with Crippen molar-refractivity contribution in [1.29, 1.82) is 0 Å². The predicted octanol–water partition coefficient (Wildman–Crippen LogP) is 5.64. The average Bonchev–Trinajstić information content (AvgIpc) is 3.52. The van der Waals surface area contributed by atoms with Crippen LogP contribution in [0.1, 0.15) is 87.9 Å².